The molecule has 4 nitrogen and oxygen atoms in total. The molecule has 0 unspecified atom stereocenters. The van der Waals surface area contributed by atoms with Crippen molar-refractivity contribution in [1.82, 2.24) is 10.2 Å². The molecule has 1 aromatic rings. The number of hydrogen-bond donors (Lipinski definition) is 1. The first-order valence-corrected chi connectivity index (χ1v) is 9.12. The molecule has 132 valence electrons. The van der Waals surface area contributed by atoms with Crippen molar-refractivity contribution in [3.8, 4) is 0 Å². The molecular weight excluding hydrogens is 324 g/mol. The van der Waals surface area contributed by atoms with Crippen LogP contribution in [0.1, 0.15) is 37.7 Å². The number of halogens is 1. The SMILES string of the molecule is C(=C1CCNCC1)N1CCCCC1.O=C(Cl)OCc1ccccc1. The summed E-state index contributed by atoms with van der Waals surface area (Å²) in [6, 6.07) is 9.36. The van der Waals surface area contributed by atoms with Crippen LogP contribution in [-0.4, -0.2) is 36.5 Å². The average Bonchev–Trinajstić information content (AvgIpc) is 2.63. The summed E-state index contributed by atoms with van der Waals surface area (Å²) in [4.78, 5) is 12.7. The van der Waals surface area contributed by atoms with Gasteiger partial charge in [-0.15, -0.1) is 0 Å². The van der Waals surface area contributed by atoms with Crippen molar-refractivity contribution in [1.29, 1.82) is 0 Å². The van der Waals surface area contributed by atoms with Gasteiger partial charge in [0.15, 0.2) is 0 Å². The zero-order valence-electron chi connectivity index (χ0n) is 14.2. The molecule has 2 heterocycles. The minimum Gasteiger partial charge on any atom is -0.449 e. The predicted octanol–water partition coefficient (Wildman–Crippen LogP) is 4.30. The van der Waals surface area contributed by atoms with Crippen molar-refractivity contribution >= 4 is 17.0 Å². The van der Waals surface area contributed by atoms with E-state index in [9.17, 15) is 4.79 Å². The first kappa shape index (κ1) is 18.8. The number of rotatable bonds is 3. The van der Waals surface area contributed by atoms with Gasteiger partial charge >= 0.3 is 5.43 Å². The van der Waals surface area contributed by atoms with Gasteiger partial charge in [-0.2, -0.15) is 0 Å². The zero-order valence-corrected chi connectivity index (χ0v) is 14.9. The quantitative estimate of drug-likeness (QED) is 0.825. The largest absolute Gasteiger partial charge is 0.449 e. The molecule has 0 saturated carbocycles. The lowest BCUT2D eigenvalue weighted by Crippen LogP contribution is -2.28. The van der Waals surface area contributed by atoms with Crippen molar-refractivity contribution in [2.75, 3.05) is 26.2 Å². The second-order valence-electron chi connectivity index (χ2n) is 6.15. The van der Waals surface area contributed by atoms with E-state index in [1.807, 2.05) is 30.3 Å². The van der Waals surface area contributed by atoms with Crippen LogP contribution in [0.25, 0.3) is 0 Å². The lowest BCUT2D eigenvalue weighted by atomic mass is 10.1. The molecule has 5 heteroatoms. The van der Waals surface area contributed by atoms with E-state index in [1.165, 1.54) is 58.3 Å². The van der Waals surface area contributed by atoms with Gasteiger partial charge in [0.1, 0.15) is 6.61 Å². The molecule has 2 aliphatic rings. The van der Waals surface area contributed by atoms with Crippen molar-refractivity contribution < 1.29 is 9.53 Å². The first-order chi connectivity index (χ1) is 11.7. The Morgan fingerprint density at radius 3 is 2.42 bits per heavy atom. The van der Waals surface area contributed by atoms with Crippen LogP contribution >= 0.6 is 11.6 Å². The van der Waals surface area contributed by atoms with Crippen LogP contribution in [-0.2, 0) is 11.3 Å². The molecule has 0 bridgehead atoms. The molecule has 2 fully saturated rings. The summed E-state index contributed by atoms with van der Waals surface area (Å²) in [6.07, 6.45) is 9.16. The summed E-state index contributed by atoms with van der Waals surface area (Å²) in [6.45, 7) is 5.18. The molecule has 0 aliphatic carbocycles. The lowest BCUT2D eigenvalue weighted by molar-refractivity contribution is 0.167. The molecule has 1 aromatic carbocycles. The molecule has 3 rings (SSSR count). The molecule has 0 aromatic heterocycles. The molecule has 2 saturated heterocycles. The third-order valence-corrected chi connectivity index (χ3v) is 4.31. The van der Waals surface area contributed by atoms with Crippen LogP contribution in [0.4, 0.5) is 4.79 Å². The fraction of sp³-hybridized carbons (Fsp3) is 0.526. The summed E-state index contributed by atoms with van der Waals surface area (Å²) >= 11 is 4.97. The Labute approximate surface area is 149 Å². The Bertz CT molecular complexity index is 505. The van der Waals surface area contributed by atoms with Crippen LogP contribution in [0.2, 0.25) is 0 Å². The van der Waals surface area contributed by atoms with Crippen molar-refractivity contribution in [3.63, 3.8) is 0 Å². The highest BCUT2D eigenvalue weighted by atomic mass is 35.5. The van der Waals surface area contributed by atoms with E-state index in [0.717, 1.165) is 5.56 Å². The Morgan fingerprint density at radius 2 is 1.79 bits per heavy atom. The van der Waals surface area contributed by atoms with Crippen LogP contribution in [0.5, 0.6) is 0 Å². The highest BCUT2D eigenvalue weighted by Crippen LogP contribution is 2.15. The highest BCUT2D eigenvalue weighted by Gasteiger charge is 2.09. The van der Waals surface area contributed by atoms with Crippen LogP contribution < -0.4 is 5.32 Å². The molecule has 0 atom stereocenters. The fourth-order valence-corrected chi connectivity index (χ4v) is 2.95. The summed E-state index contributed by atoms with van der Waals surface area (Å²) in [7, 11) is 0. The maximum atomic E-state index is 10.2. The molecule has 24 heavy (non-hydrogen) atoms. The number of ether oxygens (including phenoxy) is 1. The number of carbonyl (C=O) groups excluding carboxylic acids is 1. The van der Waals surface area contributed by atoms with Crippen molar-refractivity contribution in [2.24, 2.45) is 0 Å². The molecule has 2 aliphatic heterocycles. The Balaban J connectivity index is 0.000000177. The first-order valence-electron chi connectivity index (χ1n) is 8.74. The third kappa shape index (κ3) is 7.84. The topological polar surface area (TPSA) is 41.6 Å². The Hall–Kier alpha value is -1.52. The van der Waals surface area contributed by atoms with Gasteiger partial charge in [0, 0.05) is 24.7 Å². The van der Waals surface area contributed by atoms with Gasteiger partial charge in [0.2, 0.25) is 0 Å². The van der Waals surface area contributed by atoms with Crippen LogP contribution in [0, 0.1) is 0 Å². The predicted molar refractivity (Wildman–Crippen MR) is 98.1 cm³/mol. The van der Waals surface area contributed by atoms with Gasteiger partial charge in [0.25, 0.3) is 0 Å². The number of nitrogens with one attached hydrogen (secondary N) is 1. The van der Waals surface area contributed by atoms with Crippen LogP contribution in [0.3, 0.4) is 0 Å². The number of piperidine rings is 2. The van der Waals surface area contributed by atoms with Crippen molar-refractivity contribution in [2.45, 2.75) is 38.7 Å². The van der Waals surface area contributed by atoms with Gasteiger partial charge in [0.05, 0.1) is 0 Å². The van der Waals surface area contributed by atoms with E-state index in [-0.39, 0.29) is 6.61 Å². The van der Waals surface area contributed by atoms with Gasteiger partial charge < -0.3 is 15.0 Å². The summed E-state index contributed by atoms with van der Waals surface area (Å²) < 4.78 is 4.55. The minimum absolute atomic E-state index is 0.239. The molecule has 1 N–H and O–H groups in total. The second kappa shape index (κ2) is 11.1. The number of hydrogen-bond acceptors (Lipinski definition) is 4. The molecular formula is C19H27ClN2O2. The Morgan fingerprint density at radius 1 is 1.12 bits per heavy atom. The number of benzene rings is 1. The van der Waals surface area contributed by atoms with E-state index in [2.05, 4.69) is 21.2 Å². The lowest BCUT2D eigenvalue weighted by Gasteiger charge is -2.27. The average molecular weight is 351 g/mol. The maximum Gasteiger partial charge on any atom is 0.404 e. The molecule has 0 radical (unpaired) electrons. The second-order valence-corrected chi connectivity index (χ2v) is 6.45. The number of carbonyl (C=O) groups is 1. The monoisotopic (exact) mass is 350 g/mol. The van der Waals surface area contributed by atoms with Gasteiger partial charge in [-0.25, -0.2) is 4.79 Å². The van der Waals surface area contributed by atoms with Gasteiger partial charge in [-0.05, 0) is 57.0 Å². The fourth-order valence-electron chi connectivity index (χ4n) is 2.90. The van der Waals surface area contributed by atoms with E-state index < -0.39 is 5.43 Å². The molecule has 0 spiro atoms. The van der Waals surface area contributed by atoms with E-state index in [1.54, 1.807) is 5.57 Å². The smallest absolute Gasteiger partial charge is 0.404 e. The van der Waals surface area contributed by atoms with E-state index >= 15 is 0 Å². The summed E-state index contributed by atoms with van der Waals surface area (Å²) in [5.41, 5.74) is 1.82. The Kier molecular flexibility index (Phi) is 8.71. The maximum absolute atomic E-state index is 10.2. The number of likely N-dealkylation sites (tertiary alicyclic amines) is 1. The highest BCUT2D eigenvalue weighted by molar-refractivity contribution is 6.61. The number of nitrogens with zero attached hydrogens (tertiary/aromatic N) is 1. The molecule has 0 amide bonds. The zero-order chi connectivity index (χ0) is 17.0. The third-order valence-electron chi connectivity index (χ3n) is 4.20. The van der Waals surface area contributed by atoms with E-state index in [4.69, 9.17) is 11.6 Å². The van der Waals surface area contributed by atoms with Gasteiger partial charge in [-0.3, -0.25) is 0 Å². The summed E-state index contributed by atoms with van der Waals surface area (Å²) in [5, 5.41) is 3.39. The van der Waals surface area contributed by atoms with Gasteiger partial charge in [-0.1, -0.05) is 35.9 Å². The van der Waals surface area contributed by atoms with Crippen LogP contribution in [0.15, 0.2) is 42.1 Å². The van der Waals surface area contributed by atoms with E-state index in [0.29, 0.717) is 0 Å². The minimum atomic E-state index is -0.770. The normalized spacial score (nSPS) is 17.5. The standard InChI is InChI=1S/C11H20N2.C8H7ClO2/c1-2-8-13(9-3-1)10-11-4-6-12-7-5-11;9-8(10)11-6-7-4-2-1-3-5-7/h10,12H,1-9H2;1-5H,6H2. The van der Waals surface area contributed by atoms with Crippen molar-refractivity contribution in [3.05, 3.63) is 47.7 Å². The summed E-state index contributed by atoms with van der Waals surface area (Å²) in [5.74, 6) is 0.